The van der Waals surface area contributed by atoms with E-state index in [1.807, 2.05) is 19.9 Å². The zero-order valence-electron chi connectivity index (χ0n) is 16.5. The third-order valence-electron chi connectivity index (χ3n) is 4.58. The summed E-state index contributed by atoms with van der Waals surface area (Å²) in [5.74, 6) is -0.171. The van der Waals surface area contributed by atoms with Crippen molar-refractivity contribution in [3.63, 3.8) is 0 Å². The normalized spacial score (nSPS) is 14.3. The van der Waals surface area contributed by atoms with Crippen LogP contribution in [0.25, 0.3) is 0 Å². The van der Waals surface area contributed by atoms with E-state index in [-0.39, 0.29) is 17.1 Å². The zero-order chi connectivity index (χ0) is 20.2. The lowest BCUT2D eigenvalue weighted by Crippen LogP contribution is -2.51. The SMILES string of the molecule is Cc1ccc(Nc2nnc(S[C@H](C)C(=O)N[C@@](C)(C#N)C(C)C)s2)cc1C. The molecule has 2 rings (SSSR count). The standard InChI is InChI=1S/C19H25N5OS2/c1-11(2)19(6,10-20)22-16(25)14(5)26-18-24-23-17(27-18)21-15-8-7-12(3)13(4)9-15/h7-9,11,14H,1-6H3,(H,21,23)(H,22,25)/t14-,19+/m1/s1. The number of nitrogens with zero attached hydrogens (tertiary/aromatic N) is 3. The summed E-state index contributed by atoms with van der Waals surface area (Å²) in [6.07, 6.45) is 0. The number of nitriles is 1. The molecule has 2 atom stereocenters. The minimum Gasteiger partial charge on any atom is -0.337 e. The number of anilines is 2. The van der Waals surface area contributed by atoms with E-state index < -0.39 is 5.54 Å². The van der Waals surface area contributed by atoms with Crippen LogP contribution in [-0.4, -0.2) is 26.9 Å². The van der Waals surface area contributed by atoms with Gasteiger partial charge in [-0.2, -0.15) is 5.26 Å². The largest absolute Gasteiger partial charge is 0.337 e. The number of amides is 1. The van der Waals surface area contributed by atoms with Gasteiger partial charge in [0, 0.05) is 5.69 Å². The predicted molar refractivity (Wildman–Crippen MR) is 111 cm³/mol. The summed E-state index contributed by atoms with van der Waals surface area (Å²) in [6.45, 7) is 11.5. The molecule has 0 unspecified atom stereocenters. The van der Waals surface area contributed by atoms with Gasteiger partial charge in [-0.05, 0) is 56.9 Å². The van der Waals surface area contributed by atoms with Gasteiger partial charge >= 0.3 is 0 Å². The number of nitrogens with one attached hydrogen (secondary N) is 2. The highest BCUT2D eigenvalue weighted by Crippen LogP contribution is 2.31. The average molecular weight is 404 g/mol. The molecule has 0 aliphatic rings. The molecule has 2 N–H and O–H groups in total. The van der Waals surface area contributed by atoms with Crippen LogP contribution >= 0.6 is 23.1 Å². The summed E-state index contributed by atoms with van der Waals surface area (Å²) in [5, 5.41) is 24.0. The molecule has 0 saturated heterocycles. The van der Waals surface area contributed by atoms with Gasteiger partial charge in [0.2, 0.25) is 11.0 Å². The number of aryl methyl sites for hydroxylation is 2. The maximum atomic E-state index is 12.5. The van der Waals surface area contributed by atoms with Gasteiger partial charge < -0.3 is 10.6 Å². The van der Waals surface area contributed by atoms with Crippen molar-refractivity contribution in [2.45, 2.75) is 56.7 Å². The van der Waals surface area contributed by atoms with Gasteiger partial charge in [-0.25, -0.2) is 0 Å². The minimum absolute atomic E-state index is 0.0129. The third kappa shape index (κ3) is 5.44. The number of carbonyl (C=O) groups excluding carboxylic acids is 1. The Labute approximate surface area is 168 Å². The maximum Gasteiger partial charge on any atom is 0.234 e. The van der Waals surface area contributed by atoms with Crippen LogP contribution in [0.2, 0.25) is 0 Å². The lowest BCUT2D eigenvalue weighted by Gasteiger charge is -2.28. The Morgan fingerprint density at radius 3 is 2.56 bits per heavy atom. The van der Waals surface area contributed by atoms with Crippen molar-refractivity contribution in [2.24, 2.45) is 5.92 Å². The van der Waals surface area contributed by atoms with Crippen LogP contribution in [0, 0.1) is 31.1 Å². The van der Waals surface area contributed by atoms with Crippen molar-refractivity contribution in [3.8, 4) is 6.07 Å². The Balaban J connectivity index is 1.99. The molecule has 144 valence electrons. The molecule has 1 aromatic carbocycles. The first-order valence-corrected chi connectivity index (χ1v) is 10.4. The molecule has 0 saturated carbocycles. The molecule has 0 spiro atoms. The van der Waals surface area contributed by atoms with Crippen LogP contribution < -0.4 is 10.6 Å². The number of benzene rings is 1. The number of hydrogen-bond donors (Lipinski definition) is 2. The fourth-order valence-corrected chi connectivity index (χ4v) is 4.03. The second kappa shape index (κ2) is 8.72. The summed E-state index contributed by atoms with van der Waals surface area (Å²) in [5.41, 5.74) is 2.51. The highest BCUT2D eigenvalue weighted by Gasteiger charge is 2.32. The fourth-order valence-electron chi connectivity index (χ4n) is 2.11. The highest BCUT2D eigenvalue weighted by atomic mass is 32.2. The Bertz CT molecular complexity index is 858. The van der Waals surface area contributed by atoms with E-state index in [2.05, 4.69) is 52.9 Å². The van der Waals surface area contributed by atoms with Crippen LogP contribution in [0.1, 0.15) is 38.8 Å². The molecule has 6 nitrogen and oxygen atoms in total. The van der Waals surface area contributed by atoms with Gasteiger partial charge in [-0.3, -0.25) is 4.79 Å². The van der Waals surface area contributed by atoms with Crippen LogP contribution in [-0.2, 0) is 4.79 Å². The van der Waals surface area contributed by atoms with E-state index in [0.29, 0.717) is 9.47 Å². The summed E-state index contributed by atoms with van der Waals surface area (Å²) in [4.78, 5) is 12.5. The van der Waals surface area contributed by atoms with Crippen molar-refractivity contribution in [1.29, 1.82) is 5.26 Å². The minimum atomic E-state index is -0.886. The Kier molecular flexibility index (Phi) is 6.84. The van der Waals surface area contributed by atoms with Crippen molar-refractivity contribution in [1.82, 2.24) is 15.5 Å². The van der Waals surface area contributed by atoms with Crippen LogP contribution in [0.3, 0.4) is 0 Å². The fraction of sp³-hybridized carbons (Fsp3) is 0.474. The lowest BCUT2D eigenvalue weighted by molar-refractivity contribution is -0.121. The molecular weight excluding hydrogens is 378 g/mol. The highest BCUT2D eigenvalue weighted by molar-refractivity contribution is 8.02. The molecule has 2 aromatic rings. The first-order valence-electron chi connectivity index (χ1n) is 8.72. The molecule has 0 radical (unpaired) electrons. The van der Waals surface area contributed by atoms with Gasteiger partial charge in [-0.15, -0.1) is 10.2 Å². The molecule has 0 aliphatic heterocycles. The third-order valence-corrected chi connectivity index (χ3v) is 6.60. The van der Waals surface area contributed by atoms with Crippen molar-refractivity contribution < 1.29 is 4.79 Å². The number of rotatable bonds is 7. The molecule has 1 heterocycles. The Hall–Kier alpha value is -2.11. The van der Waals surface area contributed by atoms with Crippen molar-refractivity contribution in [3.05, 3.63) is 29.3 Å². The predicted octanol–water partition coefficient (Wildman–Crippen LogP) is 4.43. The van der Waals surface area contributed by atoms with Gasteiger partial charge in [0.25, 0.3) is 0 Å². The second-order valence-electron chi connectivity index (χ2n) is 7.02. The van der Waals surface area contributed by atoms with Crippen LogP contribution in [0.5, 0.6) is 0 Å². The molecule has 1 aromatic heterocycles. The van der Waals surface area contributed by atoms with Crippen molar-refractivity contribution in [2.75, 3.05) is 5.32 Å². The zero-order valence-corrected chi connectivity index (χ0v) is 18.1. The van der Waals surface area contributed by atoms with Gasteiger partial charge in [0.1, 0.15) is 5.54 Å². The van der Waals surface area contributed by atoms with Crippen molar-refractivity contribution >= 4 is 39.8 Å². The quantitative estimate of drug-likeness (QED) is 0.665. The molecule has 1 amide bonds. The first kappa shape index (κ1) is 21.2. The molecule has 27 heavy (non-hydrogen) atoms. The molecule has 0 fully saturated rings. The summed E-state index contributed by atoms with van der Waals surface area (Å²) >= 11 is 2.73. The molecule has 8 heteroatoms. The molecule has 0 aliphatic carbocycles. The van der Waals surface area contributed by atoms with E-state index in [1.54, 1.807) is 13.8 Å². The van der Waals surface area contributed by atoms with Gasteiger partial charge in [0.15, 0.2) is 4.34 Å². The molecular formula is C19H25N5OS2. The summed E-state index contributed by atoms with van der Waals surface area (Å²) < 4.78 is 0.701. The first-order chi connectivity index (χ1) is 12.6. The Morgan fingerprint density at radius 2 is 1.96 bits per heavy atom. The number of thioether (sulfide) groups is 1. The van der Waals surface area contributed by atoms with Crippen LogP contribution in [0.4, 0.5) is 10.8 Å². The Morgan fingerprint density at radius 1 is 1.26 bits per heavy atom. The maximum absolute atomic E-state index is 12.5. The number of carbonyl (C=O) groups is 1. The second-order valence-corrected chi connectivity index (χ2v) is 9.58. The number of aromatic nitrogens is 2. The topological polar surface area (TPSA) is 90.7 Å². The monoisotopic (exact) mass is 403 g/mol. The number of hydrogen-bond acceptors (Lipinski definition) is 7. The smallest absolute Gasteiger partial charge is 0.234 e. The van der Waals surface area contributed by atoms with E-state index >= 15 is 0 Å². The summed E-state index contributed by atoms with van der Waals surface area (Å²) in [6, 6.07) is 8.31. The van der Waals surface area contributed by atoms with Gasteiger partial charge in [0.05, 0.1) is 11.3 Å². The van der Waals surface area contributed by atoms with E-state index in [4.69, 9.17) is 0 Å². The molecule has 0 bridgehead atoms. The van der Waals surface area contributed by atoms with Crippen LogP contribution in [0.15, 0.2) is 22.5 Å². The van der Waals surface area contributed by atoms with E-state index in [9.17, 15) is 10.1 Å². The van der Waals surface area contributed by atoms with E-state index in [0.717, 1.165) is 5.69 Å². The summed E-state index contributed by atoms with van der Waals surface area (Å²) in [7, 11) is 0. The van der Waals surface area contributed by atoms with E-state index in [1.165, 1.54) is 34.2 Å². The average Bonchev–Trinajstić information content (AvgIpc) is 3.04. The lowest BCUT2D eigenvalue weighted by atomic mass is 9.90. The van der Waals surface area contributed by atoms with Gasteiger partial charge in [-0.1, -0.05) is 43.0 Å².